The number of carbonyl (C=O) groups excluding carboxylic acids is 2. The van der Waals surface area contributed by atoms with Gasteiger partial charge in [0.2, 0.25) is 0 Å². The Morgan fingerprint density at radius 3 is 2.60 bits per heavy atom. The summed E-state index contributed by atoms with van der Waals surface area (Å²) in [5.41, 5.74) is 4.58. The molecule has 0 aliphatic rings. The summed E-state index contributed by atoms with van der Waals surface area (Å²) in [5, 5.41) is 10.1. The Balaban J connectivity index is 1.54. The van der Waals surface area contributed by atoms with Crippen LogP contribution in [0.3, 0.4) is 0 Å². The second-order valence-corrected chi connectivity index (χ2v) is 8.55. The van der Waals surface area contributed by atoms with Gasteiger partial charge in [0.15, 0.2) is 5.78 Å². The van der Waals surface area contributed by atoms with E-state index in [1.54, 1.807) is 56.8 Å². The first-order chi connectivity index (χ1) is 16.9. The Hall–Kier alpha value is -4.77. The Labute approximate surface area is 201 Å². The fourth-order valence-electron chi connectivity index (χ4n) is 4.34. The molecule has 8 nitrogen and oxygen atoms in total. The molecule has 0 atom stereocenters. The van der Waals surface area contributed by atoms with E-state index in [1.807, 2.05) is 25.1 Å². The number of amides is 1. The molecule has 1 N–H and O–H groups in total. The van der Waals surface area contributed by atoms with Gasteiger partial charge in [0.1, 0.15) is 17.0 Å². The number of hydrogen-bond acceptors (Lipinski definition) is 5. The van der Waals surface area contributed by atoms with Crippen molar-refractivity contribution < 1.29 is 9.59 Å². The van der Waals surface area contributed by atoms with E-state index in [0.717, 1.165) is 22.4 Å². The fourth-order valence-corrected chi connectivity index (χ4v) is 4.34. The van der Waals surface area contributed by atoms with Gasteiger partial charge in [-0.2, -0.15) is 5.26 Å². The van der Waals surface area contributed by atoms with Gasteiger partial charge in [-0.1, -0.05) is 30.3 Å². The van der Waals surface area contributed by atoms with Crippen LogP contribution in [0, 0.1) is 18.3 Å². The van der Waals surface area contributed by atoms with Gasteiger partial charge in [0.05, 0.1) is 28.9 Å². The first-order valence-corrected chi connectivity index (χ1v) is 11.1. The van der Waals surface area contributed by atoms with Crippen LogP contribution >= 0.6 is 0 Å². The number of hydrogen-bond donors (Lipinski definition) is 1. The smallest absolute Gasteiger partial charge is 0.270 e. The van der Waals surface area contributed by atoms with Crippen LogP contribution in [0.5, 0.6) is 0 Å². The molecule has 3 aromatic heterocycles. The zero-order chi connectivity index (χ0) is 24.7. The summed E-state index contributed by atoms with van der Waals surface area (Å²) in [6, 6.07) is 16.5. The second-order valence-electron chi connectivity index (χ2n) is 8.55. The summed E-state index contributed by atoms with van der Waals surface area (Å²) < 4.78 is 2.10. The van der Waals surface area contributed by atoms with Crippen LogP contribution in [0.25, 0.3) is 21.9 Å². The van der Waals surface area contributed by atoms with Crippen LogP contribution in [0.1, 0.15) is 43.4 Å². The highest BCUT2D eigenvalue weighted by atomic mass is 16.2. The number of aromatic nitrogens is 4. The number of benzene rings is 2. The standard InChI is InChI=1S/C27H22N6O2/c1-16-30-21-14-29-12-11-22(21)33(16)15-17-7-9-18(10-8-17)26(34)24-23-19(13-28)5-4-6-20(23)31-25(24)27(35)32(2)3/h4-12,14,31H,15H2,1-3H3. The van der Waals surface area contributed by atoms with Crippen LogP contribution < -0.4 is 0 Å². The molecule has 0 saturated heterocycles. The predicted molar refractivity (Wildman–Crippen MR) is 132 cm³/mol. The number of carbonyl (C=O) groups is 2. The highest BCUT2D eigenvalue weighted by Crippen LogP contribution is 2.29. The number of aromatic amines is 1. The molecule has 0 saturated carbocycles. The van der Waals surface area contributed by atoms with Crippen LogP contribution in [-0.4, -0.2) is 50.2 Å². The number of fused-ring (bicyclic) bond motifs is 2. The molecule has 0 aliphatic heterocycles. The Bertz CT molecular complexity index is 1650. The summed E-state index contributed by atoms with van der Waals surface area (Å²) in [6.45, 7) is 2.54. The average molecular weight is 463 g/mol. The summed E-state index contributed by atoms with van der Waals surface area (Å²) in [4.78, 5) is 39.7. The lowest BCUT2D eigenvalue weighted by Crippen LogP contribution is -2.24. The molecule has 0 aliphatic carbocycles. The molecule has 2 aromatic carbocycles. The number of rotatable bonds is 5. The molecule has 172 valence electrons. The Kier molecular flexibility index (Phi) is 5.38. The lowest BCUT2D eigenvalue weighted by Gasteiger charge is -2.11. The third-order valence-corrected chi connectivity index (χ3v) is 6.09. The van der Waals surface area contributed by atoms with Crippen molar-refractivity contribution in [1.29, 1.82) is 5.26 Å². The number of aryl methyl sites for hydroxylation is 1. The molecule has 0 radical (unpaired) electrons. The van der Waals surface area contributed by atoms with Crippen molar-refractivity contribution in [2.24, 2.45) is 0 Å². The number of nitrogens with one attached hydrogen (secondary N) is 1. The summed E-state index contributed by atoms with van der Waals surface area (Å²) in [5.74, 6) is 0.232. The van der Waals surface area contributed by atoms with Crippen molar-refractivity contribution >= 4 is 33.6 Å². The maximum absolute atomic E-state index is 13.7. The van der Waals surface area contributed by atoms with Crippen molar-refractivity contribution in [1.82, 2.24) is 24.4 Å². The molecule has 0 bridgehead atoms. The molecule has 0 spiro atoms. The fraction of sp³-hybridized carbons (Fsp3) is 0.148. The van der Waals surface area contributed by atoms with Gasteiger partial charge in [-0.25, -0.2) is 4.98 Å². The number of imidazole rings is 1. The number of ketones is 1. The van der Waals surface area contributed by atoms with Crippen molar-refractivity contribution in [2.45, 2.75) is 13.5 Å². The van der Waals surface area contributed by atoms with Gasteiger partial charge in [-0.05, 0) is 30.7 Å². The van der Waals surface area contributed by atoms with Crippen molar-refractivity contribution in [3.63, 3.8) is 0 Å². The normalized spacial score (nSPS) is 11.0. The number of pyridine rings is 1. The van der Waals surface area contributed by atoms with Gasteiger partial charge in [0, 0.05) is 43.3 Å². The maximum atomic E-state index is 13.7. The van der Waals surface area contributed by atoms with Crippen molar-refractivity contribution in [3.05, 3.63) is 94.7 Å². The highest BCUT2D eigenvalue weighted by Gasteiger charge is 2.26. The van der Waals surface area contributed by atoms with Gasteiger partial charge in [0.25, 0.3) is 5.91 Å². The van der Waals surface area contributed by atoms with Crippen LogP contribution in [0.2, 0.25) is 0 Å². The zero-order valence-corrected chi connectivity index (χ0v) is 19.5. The minimum absolute atomic E-state index is 0.177. The van der Waals surface area contributed by atoms with E-state index in [1.165, 1.54) is 4.90 Å². The lowest BCUT2D eigenvalue weighted by molar-refractivity contribution is 0.0817. The van der Waals surface area contributed by atoms with E-state index < -0.39 is 0 Å². The van der Waals surface area contributed by atoms with Gasteiger partial charge in [-0.15, -0.1) is 0 Å². The van der Waals surface area contributed by atoms with Crippen LogP contribution in [0.4, 0.5) is 0 Å². The average Bonchev–Trinajstić information content (AvgIpc) is 3.41. The first-order valence-electron chi connectivity index (χ1n) is 11.1. The molecule has 3 heterocycles. The van der Waals surface area contributed by atoms with Crippen LogP contribution in [-0.2, 0) is 6.54 Å². The van der Waals surface area contributed by atoms with E-state index in [9.17, 15) is 14.9 Å². The molecule has 5 aromatic rings. The predicted octanol–water partition coefficient (Wildman–Crippen LogP) is 4.07. The van der Waals surface area contributed by atoms with Gasteiger partial charge in [-0.3, -0.25) is 14.6 Å². The highest BCUT2D eigenvalue weighted by molar-refractivity contribution is 6.22. The van der Waals surface area contributed by atoms with E-state index in [-0.39, 0.29) is 22.9 Å². The van der Waals surface area contributed by atoms with Crippen LogP contribution in [0.15, 0.2) is 60.9 Å². The lowest BCUT2D eigenvalue weighted by atomic mass is 9.96. The second kappa shape index (κ2) is 8.54. The topological polar surface area (TPSA) is 108 Å². The third-order valence-electron chi connectivity index (χ3n) is 6.09. The number of H-pyrrole nitrogens is 1. The van der Waals surface area contributed by atoms with E-state index in [2.05, 4.69) is 25.6 Å². The number of nitrogens with zero attached hydrogens (tertiary/aromatic N) is 5. The van der Waals surface area contributed by atoms with Crippen molar-refractivity contribution in [2.75, 3.05) is 14.1 Å². The number of nitriles is 1. The minimum atomic E-state index is -0.331. The largest absolute Gasteiger partial charge is 0.350 e. The molecular weight excluding hydrogens is 440 g/mol. The molecule has 1 amide bonds. The summed E-state index contributed by atoms with van der Waals surface area (Å²) in [7, 11) is 3.25. The zero-order valence-electron chi connectivity index (χ0n) is 19.5. The molecule has 8 heteroatoms. The quantitative estimate of drug-likeness (QED) is 0.396. The molecular formula is C27H22N6O2. The third kappa shape index (κ3) is 3.73. The van der Waals surface area contributed by atoms with E-state index in [4.69, 9.17) is 0 Å². The molecule has 0 unspecified atom stereocenters. The van der Waals surface area contributed by atoms with Gasteiger partial charge >= 0.3 is 0 Å². The van der Waals surface area contributed by atoms with Crippen molar-refractivity contribution in [3.8, 4) is 6.07 Å². The Morgan fingerprint density at radius 1 is 1.11 bits per heavy atom. The minimum Gasteiger partial charge on any atom is -0.350 e. The van der Waals surface area contributed by atoms with Gasteiger partial charge < -0.3 is 14.5 Å². The monoisotopic (exact) mass is 462 g/mol. The Morgan fingerprint density at radius 2 is 1.89 bits per heavy atom. The maximum Gasteiger partial charge on any atom is 0.270 e. The molecule has 35 heavy (non-hydrogen) atoms. The summed E-state index contributed by atoms with van der Waals surface area (Å²) in [6.07, 6.45) is 3.48. The summed E-state index contributed by atoms with van der Waals surface area (Å²) >= 11 is 0. The first kappa shape index (κ1) is 22.0. The van der Waals surface area contributed by atoms with E-state index in [0.29, 0.717) is 28.6 Å². The van der Waals surface area contributed by atoms with E-state index >= 15 is 0 Å². The molecule has 5 rings (SSSR count). The molecule has 0 fully saturated rings. The SMILES string of the molecule is Cc1nc2cnccc2n1Cc1ccc(C(=O)c2c(C(=O)N(C)C)[nH]c3cccc(C#N)c23)cc1.